The van der Waals surface area contributed by atoms with Gasteiger partial charge in [0, 0.05) is 16.6 Å². The highest BCUT2D eigenvalue weighted by Gasteiger charge is 2.29. The van der Waals surface area contributed by atoms with Gasteiger partial charge in [-0.2, -0.15) is 0 Å². The highest BCUT2D eigenvalue weighted by atomic mass is 32.2. The minimum absolute atomic E-state index is 0.149. The fourth-order valence-corrected chi connectivity index (χ4v) is 4.45. The van der Waals surface area contributed by atoms with E-state index in [-0.39, 0.29) is 11.2 Å². The van der Waals surface area contributed by atoms with Gasteiger partial charge >= 0.3 is 0 Å². The zero-order valence-corrected chi connectivity index (χ0v) is 14.7. The molecule has 2 nitrogen and oxygen atoms in total. The molecule has 1 aliphatic rings. The molecule has 0 radical (unpaired) electrons. The molecule has 3 aromatic rings. The zero-order chi connectivity index (χ0) is 17.1. The molecule has 0 N–H and O–H groups in total. The summed E-state index contributed by atoms with van der Waals surface area (Å²) < 4.78 is 0. The van der Waals surface area contributed by atoms with E-state index in [0.717, 1.165) is 16.1 Å². The lowest BCUT2D eigenvalue weighted by Crippen LogP contribution is -2.30. The lowest BCUT2D eigenvalue weighted by molar-refractivity contribution is -0.118. The van der Waals surface area contributed by atoms with Gasteiger partial charge in [0.1, 0.15) is 0 Å². The van der Waals surface area contributed by atoms with Crippen LogP contribution < -0.4 is 4.90 Å². The molecule has 3 heteroatoms. The fourth-order valence-electron chi connectivity index (χ4n) is 3.17. The Bertz CT molecular complexity index is 863. The molecule has 0 bridgehead atoms. The summed E-state index contributed by atoms with van der Waals surface area (Å²) in [4.78, 5) is 16.2. The smallest absolute Gasteiger partial charge is 0.228 e. The van der Waals surface area contributed by atoms with Crippen LogP contribution in [0.5, 0.6) is 0 Å². The maximum Gasteiger partial charge on any atom is 0.228 e. The van der Waals surface area contributed by atoms with Crippen LogP contribution in [-0.2, 0) is 11.3 Å². The first kappa shape index (κ1) is 16.0. The van der Waals surface area contributed by atoms with Crippen molar-refractivity contribution in [2.24, 2.45) is 0 Å². The van der Waals surface area contributed by atoms with Crippen molar-refractivity contribution in [1.82, 2.24) is 0 Å². The summed E-state index contributed by atoms with van der Waals surface area (Å²) in [7, 11) is 0. The summed E-state index contributed by atoms with van der Waals surface area (Å²) in [5, 5.41) is 0.149. The van der Waals surface area contributed by atoms with E-state index in [1.165, 1.54) is 5.56 Å². The van der Waals surface area contributed by atoms with E-state index in [0.29, 0.717) is 13.0 Å². The number of anilines is 1. The van der Waals surface area contributed by atoms with Gasteiger partial charge in [0.25, 0.3) is 0 Å². The average Bonchev–Trinajstić information content (AvgIpc) is 2.80. The van der Waals surface area contributed by atoms with Crippen LogP contribution in [0.2, 0.25) is 0 Å². The van der Waals surface area contributed by atoms with Gasteiger partial charge in [0.2, 0.25) is 5.91 Å². The highest BCUT2D eigenvalue weighted by molar-refractivity contribution is 7.99. The van der Waals surface area contributed by atoms with E-state index in [1.54, 1.807) is 11.8 Å². The Morgan fingerprint density at radius 1 is 0.840 bits per heavy atom. The largest absolute Gasteiger partial charge is 0.307 e. The van der Waals surface area contributed by atoms with Crippen molar-refractivity contribution in [3.8, 4) is 0 Å². The van der Waals surface area contributed by atoms with Crippen LogP contribution in [0.1, 0.15) is 22.8 Å². The van der Waals surface area contributed by atoms with Gasteiger partial charge in [-0.3, -0.25) is 4.79 Å². The number of fused-ring (bicyclic) bond motifs is 1. The van der Waals surface area contributed by atoms with E-state index in [4.69, 9.17) is 0 Å². The fraction of sp³-hybridized carbons (Fsp3) is 0.136. The Balaban J connectivity index is 1.71. The molecule has 0 saturated carbocycles. The molecule has 0 unspecified atom stereocenters. The molecule has 1 amide bonds. The predicted octanol–water partition coefficient (Wildman–Crippen LogP) is 5.46. The Morgan fingerprint density at radius 3 is 2.24 bits per heavy atom. The van der Waals surface area contributed by atoms with Crippen LogP contribution in [0, 0.1) is 0 Å². The molecule has 0 aliphatic carbocycles. The number of carbonyl (C=O) groups is 1. The first-order valence-corrected chi connectivity index (χ1v) is 9.34. The molecule has 0 aromatic heterocycles. The number of thioether (sulfide) groups is 1. The van der Waals surface area contributed by atoms with Crippen LogP contribution in [0.25, 0.3) is 0 Å². The maximum atomic E-state index is 13.1. The molecule has 1 heterocycles. The number of para-hydroxylation sites is 1. The minimum Gasteiger partial charge on any atom is -0.307 e. The van der Waals surface area contributed by atoms with Crippen LogP contribution in [-0.4, -0.2) is 5.91 Å². The first-order chi connectivity index (χ1) is 12.3. The number of rotatable bonds is 3. The van der Waals surface area contributed by atoms with E-state index in [2.05, 4.69) is 36.4 Å². The van der Waals surface area contributed by atoms with E-state index < -0.39 is 0 Å². The average molecular weight is 345 g/mol. The third-order valence-electron chi connectivity index (χ3n) is 4.44. The Hall–Kier alpha value is -2.52. The Labute approximate surface area is 152 Å². The molecular weight excluding hydrogens is 326 g/mol. The molecule has 0 saturated heterocycles. The van der Waals surface area contributed by atoms with Gasteiger partial charge in [0.15, 0.2) is 0 Å². The molecule has 25 heavy (non-hydrogen) atoms. The zero-order valence-electron chi connectivity index (χ0n) is 13.8. The first-order valence-electron chi connectivity index (χ1n) is 8.46. The topological polar surface area (TPSA) is 20.3 Å². The lowest BCUT2D eigenvalue weighted by Gasteiger charge is -2.22. The van der Waals surface area contributed by atoms with Crippen LogP contribution in [0.15, 0.2) is 89.8 Å². The number of benzene rings is 3. The van der Waals surface area contributed by atoms with Crippen LogP contribution in [0.3, 0.4) is 0 Å². The molecule has 0 fully saturated rings. The Morgan fingerprint density at radius 2 is 1.48 bits per heavy atom. The quantitative estimate of drug-likeness (QED) is 0.628. The standard InChI is InChI=1S/C22H19NOS/c24-22-15-21(18-11-5-2-6-12-18)25-20-14-8-7-13-19(20)23(22)16-17-9-3-1-4-10-17/h1-14,21H,15-16H2/t21-/m0/s1. The second-order valence-corrected chi connectivity index (χ2v) is 7.40. The van der Waals surface area contributed by atoms with Gasteiger partial charge in [-0.1, -0.05) is 72.8 Å². The summed E-state index contributed by atoms with van der Waals surface area (Å²) in [5.74, 6) is 0.176. The van der Waals surface area contributed by atoms with Gasteiger partial charge in [0.05, 0.1) is 12.2 Å². The van der Waals surface area contributed by atoms with Crippen molar-refractivity contribution < 1.29 is 4.79 Å². The lowest BCUT2D eigenvalue weighted by atomic mass is 10.1. The predicted molar refractivity (Wildman–Crippen MR) is 104 cm³/mol. The van der Waals surface area contributed by atoms with Crippen molar-refractivity contribution in [2.75, 3.05) is 4.90 Å². The minimum atomic E-state index is 0.149. The maximum absolute atomic E-state index is 13.1. The molecule has 3 aromatic carbocycles. The van der Waals surface area contributed by atoms with Gasteiger partial charge in [-0.25, -0.2) is 0 Å². The second kappa shape index (κ2) is 7.16. The third-order valence-corrected chi connectivity index (χ3v) is 5.76. The van der Waals surface area contributed by atoms with Crippen molar-refractivity contribution in [3.63, 3.8) is 0 Å². The summed E-state index contributed by atoms with van der Waals surface area (Å²) >= 11 is 1.79. The van der Waals surface area contributed by atoms with Crippen LogP contribution in [0.4, 0.5) is 5.69 Å². The summed E-state index contributed by atoms with van der Waals surface area (Å²) in [6.07, 6.45) is 0.510. The number of amides is 1. The van der Waals surface area contributed by atoms with Crippen molar-refractivity contribution >= 4 is 23.4 Å². The molecule has 1 aliphatic heterocycles. The molecular formula is C22H19NOS. The van der Waals surface area contributed by atoms with E-state index in [9.17, 15) is 4.79 Å². The Kier molecular flexibility index (Phi) is 4.57. The monoisotopic (exact) mass is 345 g/mol. The number of hydrogen-bond acceptors (Lipinski definition) is 2. The van der Waals surface area contributed by atoms with E-state index in [1.807, 2.05) is 53.4 Å². The van der Waals surface area contributed by atoms with Gasteiger partial charge in [-0.15, -0.1) is 11.8 Å². The number of nitrogens with zero attached hydrogens (tertiary/aromatic N) is 1. The summed E-state index contributed by atoms with van der Waals surface area (Å²) in [6, 6.07) is 28.7. The van der Waals surface area contributed by atoms with Crippen LogP contribution >= 0.6 is 11.8 Å². The van der Waals surface area contributed by atoms with Gasteiger partial charge < -0.3 is 4.90 Å². The molecule has 0 spiro atoms. The van der Waals surface area contributed by atoms with Crippen molar-refractivity contribution in [1.29, 1.82) is 0 Å². The van der Waals surface area contributed by atoms with E-state index >= 15 is 0 Å². The van der Waals surface area contributed by atoms with Crippen molar-refractivity contribution in [3.05, 3.63) is 96.1 Å². The summed E-state index contributed by atoms with van der Waals surface area (Å²) in [6.45, 7) is 0.610. The van der Waals surface area contributed by atoms with Gasteiger partial charge in [-0.05, 0) is 23.3 Å². The number of carbonyl (C=O) groups excluding carboxylic acids is 1. The molecule has 124 valence electrons. The molecule has 4 rings (SSSR count). The van der Waals surface area contributed by atoms with Crippen molar-refractivity contribution in [2.45, 2.75) is 23.1 Å². The third kappa shape index (κ3) is 3.47. The normalized spacial score (nSPS) is 17.0. The highest BCUT2D eigenvalue weighted by Crippen LogP contribution is 2.45. The second-order valence-electron chi connectivity index (χ2n) is 6.15. The molecule has 1 atom stereocenters. The SMILES string of the molecule is O=C1C[C@@H](c2ccccc2)Sc2ccccc2N1Cc1ccccc1. The summed E-state index contributed by atoms with van der Waals surface area (Å²) in [5.41, 5.74) is 3.37. The number of hydrogen-bond donors (Lipinski definition) is 0.